The molecule has 0 spiro atoms. The van der Waals surface area contributed by atoms with Crippen LogP contribution in [0.3, 0.4) is 0 Å². The molecule has 4 rings (SSSR count). The number of hydrogen-bond donors (Lipinski definition) is 1. The molecular weight excluding hydrogens is 278 g/mol. The van der Waals surface area contributed by atoms with E-state index in [-0.39, 0.29) is 0 Å². The van der Waals surface area contributed by atoms with Crippen LogP contribution < -0.4 is 0 Å². The van der Waals surface area contributed by atoms with Gasteiger partial charge in [0.05, 0.1) is 0 Å². The Morgan fingerprint density at radius 2 is 2.00 bits per heavy atom. The highest BCUT2D eigenvalue weighted by Gasteiger charge is 2.32. The third-order valence-corrected chi connectivity index (χ3v) is 6.33. The van der Waals surface area contributed by atoms with Gasteiger partial charge in [-0.3, -0.25) is 0 Å². The van der Waals surface area contributed by atoms with Crippen molar-refractivity contribution in [2.75, 3.05) is 0 Å². The molecule has 1 saturated carbocycles. The first-order chi connectivity index (χ1) is 11.2. The Kier molecular flexibility index (Phi) is 3.67. The summed E-state index contributed by atoms with van der Waals surface area (Å²) in [5.41, 5.74) is 7.02. The number of benzene rings is 1. The van der Waals surface area contributed by atoms with Gasteiger partial charge in [0.2, 0.25) is 0 Å². The normalized spacial score (nSPS) is 29.9. The van der Waals surface area contributed by atoms with E-state index in [2.05, 4.69) is 55.8 Å². The lowest BCUT2D eigenvalue weighted by atomic mass is 9.82. The molecule has 0 radical (unpaired) electrons. The van der Waals surface area contributed by atoms with Gasteiger partial charge in [-0.1, -0.05) is 43.4 Å². The van der Waals surface area contributed by atoms with Gasteiger partial charge in [-0.2, -0.15) is 0 Å². The van der Waals surface area contributed by atoms with Gasteiger partial charge in [0.25, 0.3) is 0 Å². The first-order valence-corrected chi connectivity index (χ1v) is 9.13. The van der Waals surface area contributed by atoms with E-state index >= 15 is 0 Å². The van der Waals surface area contributed by atoms with Gasteiger partial charge < -0.3 is 4.98 Å². The summed E-state index contributed by atoms with van der Waals surface area (Å²) in [5, 5.41) is 1.40. The summed E-state index contributed by atoms with van der Waals surface area (Å²) in [7, 11) is 0. The lowest BCUT2D eigenvalue weighted by Crippen LogP contribution is -2.14. The van der Waals surface area contributed by atoms with Crippen LogP contribution in [0, 0.1) is 17.8 Å². The van der Waals surface area contributed by atoms with Crippen molar-refractivity contribution in [3.05, 3.63) is 53.8 Å². The molecule has 23 heavy (non-hydrogen) atoms. The third-order valence-electron chi connectivity index (χ3n) is 6.33. The first kappa shape index (κ1) is 14.8. The number of aromatic nitrogens is 1. The lowest BCUT2D eigenvalue weighted by Gasteiger charge is -2.23. The van der Waals surface area contributed by atoms with Gasteiger partial charge in [0.1, 0.15) is 0 Å². The van der Waals surface area contributed by atoms with Crippen LogP contribution in [0.2, 0.25) is 0 Å². The van der Waals surface area contributed by atoms with Crippen LogP contribution in [0.1, 0.15) is 50.8 Å². The van der Waals surface area contributed by atoms with E-state index in [9.17, 15) is 0 Å². The van der Waals surface area contributed by atoms with Crippen molar-refractivity contribution in [1.82, 2.24) is 4.98 Å². The molecule has 0 saturated heterocycles. The molecule has 0 aliphatic heterocycles. The number of nitrogens with one attached hydrogen (secondary N) is 1. The summed E-state index contributed by atoms with van der Waals surface area (Å²) in [6.45, 7) is 9.23. The Labute approximate surface area is 139 Å². The molecule has 2 bridgehead atoms. The number of fused-ring (bicyclic) bond motifs is 6. The molecule has 1 fully saturated rings. The Morgan fingerprint density at radius 1 is 1.17 bits per heavy atom. The molecule has 1 heterocycles. The molecule has 2 aliphatic carbocycles. The third kappa shape index (κ3) is 2.38. The summed E-state index contributed by atoms with van der Waals surface area (Å²) in [6.07, 6.45) is 8.76. The second-order valence-electron chi connectivity index (χ2n) is 7.52. The van der Waals surface area contributed by atoms with Crippen LogP contribution in [0.15, 0.2) is 42.5 Å². The van der Waals surface area contributed by atoms with E-state index in [4.69, 9.17) is 0 Å². The zero-order valence-corrected chi connectivity index (χ0v) is 14.4. The molecule has 1 heteroatoms. The average Bonchev–Trinajstić information content (AvgIpc) is 2.80. The molecular formula is C22H27N. The van der Waals surface area contributed by atoms with Crippen LogP contribution in [-0.2, 0) is 6.42 Å². The summed E-state index contributed by atoms with van der Waals surface area (Å²) in [6, 6.07) is 8.76. The largest absolute Gasteiger partial charge is 0.355 e. The van der Waals surface area contributed by atoms with Crippen LogP contribution >= 0.6 is 0 Å². The molecule has 2 aromatic rings. The molecule has 1 aromatic carbocycles. The molecule has 2 aliphatic rings. The highest BCUT2D eigenvalue weighted by molar-refractivity contribution is 5.89. The number of allylic oxidation sites excluding steroid dienone is 3. The Bertz CT molecular complexity index is 776. The topological polar surface area (TPSA) is 15.8 Å². The standard InChI is InChI=1S/C22H27N/c1-4-16-9-10-17-11-12-18(16)15(3)22-20(13-14(17)2)19-7-5-6-8-21(19)23-22/h4-8,14,17-18,23H,3,9-13H2,1-2H3. The van der Waals surface area contributed by atoms with Crippen LogP contribution in [0.25, 0.3) is 16.5 Å². The van der Waals surface area contributed by atoms with Crippen molar-refractivity contribution in [3.63, 3.8) is 0 Å². The minimum absolute atomic E-state index is 0.530. The van der Waals surface area contributed by atoms with E-state index in [1.165, 1.54) is 59.8 Å². The number of hydrogen-bond acceptors (Lipinski definition) is 0. The van der Waals surface area contributed by atoms with Gasteiger partial charge in [-0.25, -0.2) is 0 Å². The maximum absolute atomic E-state index is 4.56. The summed E-state index contributed by atoms with van der Waals surface area (Å²) < 4.78 is 0. The predicted octanol–water partition coefficient (Wildman–Crippen LogP) is 6.13. The van der Waals surface area contributed by atoms with Gasteiger partial charge in [0, 0.05) is 22.5 Å². The molecule has 1 aromatic heterocycles. The zero-order valence-electron chi connectivity index (χ0n) is 14.4. The maximum Gasteiger partial charge on any atom is 0.0461 e. The fraction of sp³-hybridized carbons (Fsp3) is 0.455. The van der Waals surface area contributed by atoms with E-state index in [1.807, 2.05) is 0 Å². The lowest BCUT2D eigenvalue weighted by molar-refractivity contribution is 0.319. The predicted molar refractivity (Wildman–Crippen MR) is 99.4 cm³/mol. The van der Waals surface area contributed by atoms with Gasteiger partial charge >= 0.3 is 0 Å². The molecule has 1 N–H and O–H groups in total. The second-order valence-corrected chi connectivity index (χ2v) is 7.52. The average molecular weight is 305 g/mol. The van der Waals surface area contributed by atoms with E-state index in [0.717, 1.165) is 11.8 Å². The quantitative estimate of drug-likeness (QED) is 0.564. The van der Waals surface area contributed by atoms with Crippen molar-refractivity contribution in [2.45, 2.75) is 46.0 Å². The van der Waals surface area contributed by atoms with Crippen molar-refractivity contribution < 1.29 is 0 Å². The maximum atomic E-state index is 4.56. The van der Waals surface area contributed by atoms with Gasteiger partial charge in [0.15, 0.2) is 0 Å². The monoisotopic (exact) mass is 305 g/mol. The van der Waals surface area contributed by atoms with Gasteiger partial charge in [-0.15, -0.1) is 0 Å². The molecule has 120 valence electrons. The van der Waals surface area contributed by atoms with Crippen molar-refractivity contribution >= 4 is 16.5 Å². The van der Waals surface area contributed by atoms with Crippen LogP contribution in [0.5, 0.6) is 0 Å². The van der Waals surface area contributed by atoms with Gasteiger partial charge in [-0.05, 0) is 68.1 Å². The molecule has 3 atom stereocenters. The minimum atomic E-state index is 0.530. The molecule has 1 nitrogen and oxygen atoms in total. The zero-order chi connectivity index (χ0) is 16.0. The highest BCUT2D eigenvalue weighted by atomic mass is 14.7. The highest BCUT2D eigenvalue weighted by Crippen LogP contribution is 2.45. The van der Waals surface area contributed by atoms with Crippen molar-refractivity contribution in [2.24, 2.45) is 17.8 Å². The number of aromatic amines is 1. The Hall–Kier alpha value is -1.76. The van der Waals surface area contributed by atoms with Crippen molar-refractivity contribution in [3.8, 4) is 0 Å². The molecule has 3 unspecified atom stereocenters. The second kappa shape index (κ2) is 5.70. The SMILES string of the molecule is C=C1c2[nH]c3ccccc3c2CC(C)C2CCC(=CC)C1CC2. The minimum Gasteiger partial charge on any atom is -0.355 e. The van der Waals surface area contributed by atoms with Crippen molar-refractivity contribution in [1.29, 1.82) is 0 Å². The fourth-order valence-corrected chi connectivity index (χ4v) is 4.90. The Balaban J connectivity index is 1.93. The summed E-state index contributed by atoms with van der Waals surface area (Å²) >= 11 is 0. The number of H-pyrrole nitrogens is 1. The summed E-state index contributed by atoms with van der Waals surface area (Å²) in [4.78, 5) is 3.70. The van der Waals surface area contributed by atoms with E-state index < -0.39 is 0 Å². The van der Waals surface area contributed by atoms with Crippen LogP contribution in [0.4, 0.5) is 0 Å². The summed E-state index contributed by atoms with van der Waals surface area (Å²) in [5.74, 6) is 2.13. The van der Waals surface area contributed by atoms with Crippen LogP contribution in [-0.4, -0.2) is 4.98 Å². The number of rotatable bonds is 0. The Morgan fingerprint density at radius 3 is 2.83 bits per heavy atom. The smallest absolute Gasteiger partial charge is 0.0461 e. The van der Waals surface area contributed by atoms with E-state index in [1.54, 1.807) is 5.57 Å². The number of para-hydroxylation sites is 1. The first-order valence-electron chi connectivity index (χ1n) is 9.13. The fourth-order valence-electron chi connectivity index (χ4n) is 4.90. The molecule has 0 amide bonds. The van der Waals surface area contributed by atoms with E-state index in [0.29, 0.717) is 5.92 Å².